The van der Waals surface area contributed by atoms with Gasteiger partial charge >= 0.3 is 0 Å². The van der Waals surface area contributed by atoms with Gasteiger partial charge in [0.1, 0.15) is 0 Å². The average Bonchev–Trinajstić information content (AvgIpc) is 2.28. The fourth-order valence-electron chi connectivity index (χ4n) is 2.24. The Kier molecular flexibility index (Phi) is 9.81. The van der Waals surface area contributed by atoms with E-state index in [1.165, 1.54) is 19.3 Å². The van der Waals surface area contributed by atoms with Gasteiger partial charge in [0.15, 0.2) is 5.96 Å². The Bertz CT molecular complexity index is 234. The normalized spacial score (nSPS) is 16.2. The summed E-state index contributed by atoms with van der Waals surface area (Å²) in [7, 11) is 1.78. The Morgan fingerprint density at radius 1 is 1.22 bits per heavy atom. The van der Waals surface area contributed by atoms with Gasteiger partial charge in [-0.3, -0.25) is 4.99 Å². The predicted molar refractivity (Wildman–Crippen MR) is 87.8 cm³/mol. The van der Waals surface area contributed by atoms with E-state index in [-0.39, 0.29) is 24.0 Å². The fourth-order valence-corrected chi connectivity index (χ4v) is 2.24. The van der Waals surface area contributed by atoms with E-state index in [1.54, 1.807) is 7.11 Å². The summed E-state index contributed by atoms with van der Waals surface area (Å²) in [5.74, 6) is 0.943. The molecule has 0 aromatic heterocycles. The van der Waals surface area contributed by atoms with Gasteiger partial charge in [0.2, 0.25) is 0 Å². The van der Waals surface area contributed by atoms with Gasteiger partial charge < -0.3 is 15.4 Å². The van der Waals surface area contributed by atoms with Crippen LogP contribution in [0.25, 0.3) is 0 Å². The predicted octanol–water partition coefficient (Wildman–Crippen LogP) is 2.39. The molecule has 18 heavy (non-hydrogen) atoms. The van der Waals surface area contributed by atoms with E-state index >= 15 is 0 Å². The molecular weight excluding hydrogens is 341 g/mol. The maximum absolute atomic E-state index is 5.20. The Balaban J connectivity index is 0.00000289. The molecule has 0 spiro atoms. The number of halogens is 1. The molecule has 1 rings (SSSR count). The number of methoxy groups -OCH3 is 1. The number of rotatable bonds is 7. The lowest BCUT2D eigenvalue weighted by Gasteiger charge is -2.40. The molecule has 1 aliphatic rings. The summed E-state index contributed by atoms with van der Waals surface area (Å²) in [4.78, 5) is 4.69. The number of nitrogens with zero attached hydrogens (tertiary/aromatic N) is 1. The summed E-state index contributed by atoms with van der Waals surface area (Å²) in [5.41, 5.74) is 0.409. The maximum atomic E-state index is 5.20. The van der Waals surface area contributed by atoms with E-state index in [1.807, 2.05) is 0 Å². The number of aliphatic imine (C=N–C) groups is 1. The molecule has 108 valence electrons. The first-order valence-electron chi connectivity index (χ1n) is 6.77. The van der Waals surface area contributed by atoms with Crippen molar-refractivity contribution in [1.82, 2.24) is 10.6 Å². The number of hydrogen-bond acceptors (Lipinski definition) is 2. The smallest absolute Gasteiger partial charge is 0.191 e. The minimum absolute atomic E-state index is 0. The van der Waals surface area contributed by atoms with Crippen molar-refractivity contribution in [1.29, 1.82) is 0 Å². The first-order chi connectivity index (χ1) is 8.26. The van der Waals surface area contributed by atoms with Crippen LogP contribution in [0.1, 0.15) is 39.5 Å². The molecule has 0 heterocycles. The van der Waals surface area contributed by atoms with E-state index in [9.17, 15) is 0 Å². The van der Waals surface area contributed by atoms with Crippen molar-refractivity contribution in [2.45, 2.75) is 39.5 Å². The zero-order valence-corrected chi connectivity index (χ0v) is 14.3. The summed E-state index contributed by atoms with van der Waals surface area (Å²) in [6, 6.07) is 0. The van der Waals surface area contributed by atoms with Gasteiger partial charge in [-0.2, -0.15) is 0 Å². The van der Waals surface area contributed by atoms with Gasteiger partial charge in [-0.15, -0.1) is 24.0 Å². The van der Waals surface area contributed by atoms with E-state index < -0.39 is 0 Å². The lowest BCUT2D eigenvalue weighted by molar-refractivity contribution is 0.0778. The monoisotopic (exact) mass is 369 g/mol. The zero-order valence-electron chi connectivity index (χ0n) is 11.9. The molecular formula is C13H28IN3O. The highest BCUT2D eigenvalue weighted by Crippen LogP contribution is 2.44. The van der Waals surface area contributed by atoms with Crippen molar-refractivity contribution in [3.05, 3.63) is 0 Å². The summed E-state index contributed by atoms with van der Waals surface area (Å²) in [6.07, 6.45) is 5.08. The second-order valence-electron chi connectivity index (χ2n) is 4.82. The van der Waals surface area contributed by atoms with Crippen LogP contribution >= 0.6 is 24.0 Å². The van der Waals surface area contributed by atoms with Gasteiger partial charge in [-0.05, 0) is 38.5 Å². The molecule has 1 saturated carbocycles. The summed E-state index contributed by atoms with van der Waals surface area (Å²) in [5, 5.41) is 6.54. The Morgan fingerprint density at radius 2 is 1.83 bits per heavy atom. The second kappa shape index (κ2) is 9.83. The Hall–Kier alpha value is -0.0400. The van der Waals surface area contributed by atoms with Crippen molar-refractivity contribution >= 4 is 29.9 Å². The first-order valence-corrected chi connectivity index (χ1v) is 6.77. The zero-order chi connectivity index (χ0) is 12.6. The minimum Gasteiger partial charge on any atom is -0.385 e. The van der Waals surface area contributed by atoms with E-state index in [2.05, 4.69) is 29.5 Å². The molecule has 0 aromatic carbocycles. The van der Waals surface area contributed by atoms with Gasteiger partial charge in [-0.25, -0.2) is 0 Å². The van der Waals surface area contributed by atoms with Crippen LogP contribution < -0.4 is 10.6 Å². The molecule has 0 saturated heterocycles. The largest absolute Gasteiger partial charge is 0.385 e. The van der Waals surface area contributed by atoms with Crippen LogP contribution in [0.15, 0.2) is 4.99 Å². The van der Waals surface area contributed by atoms with Crippen LogP contribution in [0.5, 0.6) is 0 Å². The van der Waals surface area contributed by atoms with Crippen LogP contribution in [0.4, 0.5) is 0 Å². The molecule has 0 radical (unpaired) electrons. The third-order valence-electron chi connectivity index (χ3n) is 3.51. The van der Waals surface area contributed by atoms with Crippen molar-refractivity contribution in [2.75, 3.05) is 33.4 Å². The molecule has 1 fully saturated rings. The average molecular weight is 369 g/mol. The molecule has 0 unspecified atom stereocenters. The Labute approximate surface area is 128 Å². The highest BCUT2D eigenvalue weighted by molar-refractivity contribution is 14.0. The molecule has 5 heteroatoms. The standard InChI is InChI=1S/C13H27N3O.HI/c1-4-14-12(15-5-2)16-11-13(7-6-8-13)9-10-17-3;/h4-11H2,1-3H3,(H2,14,15,16);1H. The summed E-state index contributed by atoms with van der Waals surface area (Å²) >= 11 is 0. The minimum atomic E-state index is 0. The lowest BCUT2D eigenvalue weighted by Crippen LogP contribution is -2.40. The number of ether oxygens (including phenoxy) is 1. The number of hydrogen-bond donors (Lipinski definition) is 2. The van der Waals surface area contributed by atoms with E-state index in [0.717, 1.165) is 38.6 Å². The van der Waals surface area contributed by atoms with Crippen LogP contribution in [-0.2, 0) is 4.74 Å². The molecule has 0 amide bonds. The summed E-state index contributed by atoms with van der Waals surface area (Å²) in [6.45, 7) is 7.79. The van der Waals surface area contributed by atoms with Gasteiger partial charge in [-0.1, -0.05) is 6.42 Å². The van der Waals surface area contributed by atoms with Crippen molar-refractivity contribution in [3.8, 4) is 0 Å². The Morgan fingerprint density at radius 3 is 2.22 bits per heavy atom. The quantitative estimate of drug-likeness (QED) is 0.412. The number of guanidine groups is 1. The third-order valence-corrected chi connectivity index (χ3v) is 3.51. The molecule has 0 aromatic rings. The molecule has 2 N–H and O–H groups in total. The van der Waals surface area contributed by atoms with E-state index in [4.69, 9.17) is 4.74 Å². The molecule has 1 aliphatic carbocycles. The highest BCUT2D eigenvalue weighted by Gasteiger charge is 2.36. The molecule has 0 bridgehead atoms. The molecule has 0 aliphatic heterocycles. The SMILES string of the molecule is CCNC(=NCC1(CCOC)CCC1)NCC.I. The third kappa shape index (κ3) is 5.73. The maximum Gasteiger partial charge on any atom is 0.191 e. The van der Waals surface area contributed by atoms with E-state index in [0.29, 0.717) is 5.41 Å². The van der Waals surface area contributed by atoms with Crippen LogP contribution in [0.2, 0.25) is 0 Å². The van der Waals surface area contributed by atoms with Gasteiger partial charge in [0.25, 0.3) is 0 Å². The lowest BCUT2D eigenvalue weighted by atomic mass is 9.67. The topological polar surface area (TPSA) is 45.7 Å². The van der Waals surface area contributed by atoms with Crippen LogP contribution in [0.3, 0.4) is 0 Å². The van der Waals surface area contributed by atoms with Gasteiger partial charge in [0.05, 0.1) is 0 Å². The van der Waals surface area contributed by atoms with Crippen molar-refractivity contribution in [3.63, 3.8) is 0 Å². The van der Waals surface area contributed by atoms with Crippen LogP contribution in [-0.4, -0.2) is 39.3 Å². The second-order valence-corrected chi connectivity index (χ2v) is 4.82. The highest BCUT2D eigenvalue weighted by atomic mass is 127. The fraction of sp³-hybridized carbons (Fsp3) is 0.923. The van der Waals surface area contributed by atoms with Crippen molar-refractivity contribution in [2.24, 2.45) is 10.4 Å². The molecule has 4 nitrogen and oxygen atoms in total. The number of nitrogens with one attached hydrogen (secondary N) is 2. The first kappa shape index (κ1) is 18.0. The van der Waals surface area contributed by atoms with Crippen LogP contribution in [0, 0.1) is 5.41 Å². The van der Waals surface area contributed by atoms with Gasteiger partial charge in [0, 0.05) is 33.4 Å². The van der Waals surface area contributed by atoms with Crippen molar-refractivity contribution < 1.29 is 4.74 Å². The molecule has 0 atom stereocenters. The summed E-state index contributed by atoms with van der Waals surface area (Å²) < 4.78 is 5.20.